The van der Waals surface area contributed by atoms with Crippen molar-refractivity contribution >= 4 is 23.5 Å². The first-order valence-corrected chi connectivity index (χ1v) is 11.6. The van der Waals surface area contributed by atoms with Gasteiger partial charge < -0.3 is 19.7 Å². The van der Waals surface area contributed by atoms with Gasteiger partial charge in [-0.05, 0) is 50.7 Å². The van der Waals surface area contributed by atoms with Gasteiger partial charge in [0.1, 0.15) is 18.8 Å². The van der Waals surface area contributed by atoms with Crippen molar-refractivity contribution in [3.05, 3.63) is 23.8 Å². The minimum Gasteiger partial charge on any atom is -0.459 e. The Morgan fingerprint density at radius 3 is 2.32 bits per heavy atom. The van der Waals surface area contributed by atoms with Crippen LogP contribution in [0.2, 0.25) is 0 Å². The summed E-state index contributed by atoms with van der Waals surface area (Å²) in [5.74, 6) is -4.01. The number of alkyl halides is 1. The van der Waals surface area contributed by atoms with E-state index in [0.29, 0.717) is 12.0 Å². The number of carbonyl (C=O) groups excluding carboxylic acids is 4. The van der Waals surface area contributed by atoms with E-state index in [1.165, 1.54) is 18.2 Å². The van der Waals surface area contributed by atoms with E-state index in [4.69, 9.17) is 9.47 Å². The van der Waals surface area contributed by atoms with E-state index >= 15 is 4.39 Å². The first-order chi connectivity index (χ1) is 15.8. The van der Waals surface area contributed by atoms with Crippen LogP contribution in [0.4, 0.5) is 4.39 Å². The van der Waals surface area contributed by atoms with Crippen molar-refractivity contribution in [1.29, 1.82) is 0 Å². The van der Waals surface area contributed by atoms with Gasteiger partial charge in [-0.2, -0.15) is 0 Å². The second-order valence-electron chi connectivity index (χ2n) is 10.5. The number of esters is 2. The molecule has 3 fully saturated rings. The first-order valence-electron chi connectivity index (χ1n) is 11.6. The van der Waals surface area contributed by atoms with Crippen LogP contribution >= 0.6 is 0 Å². The number of hydrogen-bond acceptors (Lipinski definition) is 8. The van der Waals surface area contributed by atoms with Crippen LogP contribution < -0.4 is 0 Å². The smallest absolute Gasteiger partial charge is 0.303 e. The van der Waals surface area contributed by atoms with Gasteiger partial charge in [0.2, 0.25) is 0 Å². The van der Waals surface area contributed by atoms with E-state index in [1.807, 2.05) is 0 Å². The fourth-order valence-electron chi connectivity index (χ4n) is 7.45. The van der Waals surface area contributed by atoms with Gasteiger partial charge in [-0.1, -0.05) is 18.6 Å². The third-order valence-corrected chi connectivity index (χ3v) is 9.00. The van der Waals surface area contributed by atoms with Crippen molar-refractivity contribution in [2.45, 2.75) is 76.9 Å². The van der Waals surface area contributed by atoms with E-state index in [9.17, 15) is 29.4 Å². The van der Waals surface area contributed by atoms with Gasteiger partial charge in [0.25, 0.3) is 0 Å². The molecule has 0 heterocycles. The molecule has 3 saturated carbocycles. The molecule has 0 aromatic heterocycles. The Balaban J connectivity index is 1.90. The summed E-state index contributed by atoms with van der Waals surface area (Å²) in [6, 6.07) is 0. The first kappa shape index (κ1) is 24.7. The monoisotopic (exact) mass is 478 g/mol. The predicted octanol–water partition coefficient (Wildman–Crippen LogP) is 1.76. The molecule has 186 valence electrons. The Labute approximate surface area is 197 Å². The standard InChI is InChI=1S/C25H31FO8/c1-13(28)33-20-10-18-17-6-5-15-9-16(30)7-8-22(15,3)24(17,26)21(34-14(2)29)11-23(18,4)25(20,32)19(31)12-27/h7-9,17-18,20-21,27,32H,5-6,10-12H2,1-4H3/t17-,18-,20+,21-,22-,23-,24-,25+/m0/s1. The lowest BCUT2D eigenvalue weighted by Crippen LogP contribution is -2.70. The lowest BCUT2D eigenvalue weighted by atomic mass is 9.44. The van der Waals surface area contributed by atoms with E-state index in [0.717, 1.165) is 13.8 Å². The van der Waals surface area contributed by atoms with E-state index in [2.05, 4.69) is 0 Å². The summed E-state index contributed by atoms with van der Waals surface area (Å²) in [4.78, 5) is 48.9. The summed E-state index contributed by atoms with van der Waals surface area (Å²) in [5.41, 5.74) is -6.41. The van der Waals surface area contributed by atoms with Gasteiger partial charge in [-0.25, -0.2) is 4.39 Å². The Bertz CT molecular complexity index is 1020. The highest BCUT2D eigenvalue weighted by molar-refractivity contribution is 6.01. The third kappa shape index (κ3) is 3.02. The minimum absolute atomic E-state index is 0.0131. The fourth-order valence-corrected chi connectivity index (χ4v) is 7.45. The van der Waals surface area contributed by atoms with Gasteiger partial charge in [0.05, 0.1) is 0 Å². The molecule has 4 aliphatic carbocycles. The van der Waals surface area contributed by atoms with Crippen LogP contribution in [0.1, 0.15) is 53.4 Å². The lowest BCUT2D eigenvalue weighted by Gasteiger charge is -2.62. The number of allylic oxidation sites excluding steroid dienone is 4. The number of rotatable bonds is 4. The number of Topliss-reactive ketones (excluding diaryl/α,β-unsaturated/α-hetero) is 1. The average Bonchev–Trinajstić information content (AvgIpc) is 2.96. The zero-order valence-electron chi connectivity index (χ0n) is 19.8. The summed E-state index contributed by atoms with van der Waals surface area (Å²) in [6.07, 6.45) is 2.12. The van der Waals surface area contributed by atoms with Crippen molar-refractivity contribution in [3.8, 4) is 0 Å². The number of fused-ring (bicyclic) bond motifs is 5. The average molecular weight is 479 g/mol. The molecule has 0 amide bonds. The van der Waals surface area contributed by atoms with Crippen LogP contribution in [0.15, 0.2) is 23.8 Å². The second-order valence-corrected chi connectivity index (χ2v) is 10.5. The minimum atomic E-state index is -2.28. The highest BCUT2D eigenvalue weighted by Gasteiger charge is 2.77. The van der Waals surface area contributed by atoms with Crippen molar-refractivity contribution < 1.29 is 43.3 Å². The molecular formula is C25H31FO8. The summed E-state index contributed by atoms with van der Waals surface area (Å²) in [6.45, 7) is 4.61. The molecule has 8 atom stereocenters. The van der Waals surface area contributed by atoms with Crippen LogP contribution in [0, 0.1) is 22.7 Å². The van der Waals surface area contributed by atoms with Gasteiger partial charge >= 0.3 is 11.9 Å². The number of carbonyl (C=O) groups is 4. The van der Waals surface area contributed by atoms with Crippen LogP contribution in [-0.4, -0.2) is 63.8 Å². The van der Waals surface area contributed by atoms with Gasteiger partial charge in [-0.3, -0.25) is 19.2 Å². The van der Waals surface area contributed by atoms with Crippen molar-refractivity contribution in [2.24, 2.45) is 22.7 Å². The molecule has 4 rings (SSSR count). The molecule has 0 aliphatic heterocycles. The molecule has 0 unspecified atom stereocenters. The number of hydrogen-bond donors (Lipinski definition) is 2. The number of ether oxygens (including phenoxy) is 2. The molecule has 0 bridgehead atoms. The normalized spacial score (nSPS) is 44.9. The van der Waals surface area contributed by atoms with Crippen LogP contribution in [0.3, 0.4) is 0 Å². The van der Waals surface area contributed by atoms with Gasteiger partial charge in [0.15, 0.2) is 22.8 Å². The molecule has 0 aromatic rings. The Hall–Kier alpha value is -2.39. The zero-order valence-corrected chi connectivity index (χ0v) is 19.8. The number of ketones is 2. The maximum Gasteiger partial charge on any atom is 0.303 e. The summed E-state index contributed by atoms with van der Waals surface area (Å²) in [5, 5.41) is 21.4. The number of aliphatic hydroxyl groups is 2. The molecule has 0 saturated heterocycles. The molecule has 0 radical (unpaired) electrons. The third-order valence-electron chi connectivity index (χ3n) is 9.00. The highest BCUT2D eigenvalue weighted by atomic mass is 19.1. The highest BCUT2D eigenvalue weighted by Crippen LogP contribution is 2.70. The maximum absolute atomic E-state index is 17.6. The molecule has 0 aromatic carbocycles. The Kier molecular flexibility index (Phi) is 5.68. The fraction of sp³-hybridized carbons (Fsp3) is 0.680. The largest absolute Gasteiger partial charge is 0.459 e. The lowest BCUT2D eigenvalue weighted by molar-refractivity contribution is -0.232. The molecule has 2 N–H and O–H groups in total. The summed E-state index contributed by atoms with van der Waals surface area (Å²) in [7, 11) is 0. The summed E-state index contributed by atoms with van der Waals surface area (Å²) < 4.78 is 28.5. The van der Waals surface area contributed by atoms with Crippen LogP contribution in [0.5, 0.6) is 0 Å². The Morgan fingerprint density at radius 1 is 1.12 bits per heavy atom. The van der Waals surface area contributed by atoms with Crippen molar-refractivity contribution in [3.63, 3.8) is 0 Å². The van der Waals surface area contributed by atoms with E-state index < -0.39 is 70.5 Å². The van der Waals surface area contributed by atoms with E-state index in [1.54, 1.807) is 13.8 Å². The van der Waals surface area contributed by atoms with Crippen LogP contribution in [0.25, 0.3) is 0 Å². The number of aliphatic hydroxyl groups excluding tert-OH is 1. The Morgan fingerprint density at radius 2 is 1.74 bits per heavy atom. The van der Waals surface area contributed by atoms with Gasteiger partial charge in [-0.15, -0.1) is 0 Å². The van der Waals surface area contributed by atoms with Crippen LogP contribution in [-0.2, 0) is 28.7 Å². The quantitative estimate of drug-likeness (QED) is 0.586. The molecule has 8 nitrogen and oxygen atoms in total. The molecule has 9 heteroatoms. The molecule has 34 heavy (non-hydrogen) atoms. The SMILES string of the molecule is CC(=O)O[C@H]1C[C@@]2(C)[C@@H](C[C@@H](OC(C)=O)[C@]2(O)C(=O)CO)[C@@H]2CCC3=CC(=O)C=C[C@]3(C)[C@@]12F. The zero-order chi connectivity index (χ0) is 25.3. The topological polar surface area (TPSA) is 127 Å². The second kappa shape index (κ2) is 7.81. The molecule has 4 aliphatic rings. The predicted molar refractivity (Wildman–Crippen MR) is 116 cm³/mol. The molecular weight excluding hydrogens is 447 g/mol. The van der Waals surface area contributed by atoms with Gasteiger partial charge in [0, 0.05) is 30.6 Å². The van der Waals surface area contributed by atoms with Crippen molar-refractivity contribution in [2.75, 3.05) is 6.61 Å². The molecule has 0 spiro atoms. The maximum atomic E-state index is 17.6. The summed E-state index contributed by atoms with van der Waals surface area (Å²) >= 11 is 0. The van der Waals surface area contributed by atoms with E-state index in [-0.39, 0.29) is 25.0 Å². The number of halogens is 1. The van der Waals surface area contributed by atoms with Crippen molar-refractivity contribution in [1.82, 2.24) is 0 Å².